The molecule has 0 bridgehead atoms. The van der Waals surface area contributed by atoms with Crippen LogP contribution in [0.2, 0.25) is 0 Å². The van der Waals surface area contributed by atoms with Gasteiger partial charge in [0.15, 0.2) is 0 Å². The van der Waals surface area contributed by atoms with Gasteiger partial charge in [0.05, 0.1) is 5.41 Å². The molecule has 0 aliphatic heterocycles. The third kappa shape index (κ3) is 4.12. The Labute approximate surface area is 99.4 Å². The fourth-order valence-electron chi connectivity index (χ4n) is 2.30. The summed E-state index contributed by atoms with van der Waals surface area (Å²) >= 11 is 0. The Bertz CT molecular complexity index is 218. The fraction of sp³-hybridized carbons (Fsp3) is 0.923. The summed E-state index contributed by atoms with van der Waals surface area (Å²) in [7, 11) is 1.70. The van der Waals surface area contributed by atoms with Crippen molar-refractivity contribution in [2.75, 3.05) is 13.6 Å². The highest BCUT2D eigenvalue weighted by atomic mass is 16.2. The van der Waals surface area contributed by atoms with Gasteiger partial charge in [0.1, 0.15) is 0 Å². The maximum absolute atomic E-state index is 11.6. The Balaban J connectivity index is 2.34. The van der Waals surface area contributed by atoms with Crippen LogP contribution in [0, 0.1) is 5.41 Å². The molecule has 1 rings (SSSR count). The van der Waals surface area contributed by atoms with Crippen LogP contribution in [0.3, 0.4) is 0 Å². The molecule has 1 fully saturated rings. The minimum Gasteiger partial charge on any atom is -0.359 e. The maximum Gasteiger partial charge on any atom is 0.226 e. The molecule has 3 heteroatoms. The lowest BCUT2D eigenvalue weighted by Gasteiger charge is -2.26. The van der Waals surface area contributed by atoms with Crippen LogP contribution in [0.15, 0.2) is 0 Å². The molecule has 3 nitrogen and oxygen atoms in total. The summed E-state index contributed by atoms with van der Waals surface area (Å²) < 4.78 is 0. The van der Waals surface area contributed by atoms with Gasteiger partial charge in [-0.25, -0.2) is 0 Å². The predicted molar refractivity (Wildman–Crippen MR) is 67.3 cm³/mol. The van der Waals surface area contributed by atoms with E-state index in [9.17, 15) is 4.79 Å². The van der Waals surface area contributed by atoms with Crippen molar-refractivity contribution in [1.29, 1.82) is 0 Å². The molecule has 16 heavy (non-hydrogen) atoms. The number of carbonyl (C=O) groups is 1. The van der Waals surface area contributed by atoms with Crippen molar-refractivity contribution in [3.05, 3.63) is 0 Å². The van der Waals surface area contributed by atoms with Crippen molar-refractivity contribution < 1.29 is 4.79 Å². The molecule has 0 aromatic heterocycles. The molecule has 0 saturated heterocycles. The zero-order chi connectivity index (χ0) is 12.0. The molecular weight excluding hydrogens is 200 g/mol. The van der Waals surface area contributed by atoms with Gasteiger partial charge in [0, 0.05) is 19.6 Å². The number of rotatable bonds is 4. The lowest BCUT2D eigenvalue weighted by molar-refractivity contribution is -0.128. The number of carbonyl (C=O) groups excluding carboxylic acids is 1. The van der Waals surface area contributed by atoms with Crippen molar-refractivity contribution in [3.8, 4) is 0 Å². The Morgan fingerprint density at radius 1 is 1.19 bits per heavy atom. The molecule has 0 aromatic rings. The van der Waals surface area contributed by atoms with E-state index in [2.05, 4.69) is 10.6 Å². The van der Waals surface area contributed by atoms with Gasteiger partial charge in [-0.05, 0) is 26.7 Å². The largest absolute Gasteiger partial charge is 0.359 e. The molecule has 0 radical (unpaired) electrons. The lowest BCUT2D eigenvalue weighted by Crippen LogP contribution is -2.44. The predicted octanol–water partition coefficient (Wildman–Crippen LogP) is 2.07. The summed E-state index contributed by atoms with van der Waals surface area (Å²) in [5, 5.41) is 6.28. The minimum atomic E-state index is -0.305. The topological polar surface area (TPSA) is 41.1 Å². The van der Waals surface area contributed by atoms with E-state index in [4.69, 9.17) is 0 Å². The Morgan fingerprint density at radius 2 is 1.75 bits per heavy atom. The Kier molecular flexibility index (Phi) is 5.26. The molecule has 0 heterocycles. The smallest absolute Gasteiger partial charge is 0.226 e. The second-order valence-electron chi connectivity index (χ2n) is 5.53. The first-order valence-electron chi connectivity index (χ1n) is 6.52. The van der Waals surface area contributed by atoms with Crippen LogP contribution < -0.4 is 10.6 Å². The van der Waals surface area contributed by atoms with Gasteiger partial charge in [-0.3, -0.25) is 4.79 Å². The van der Waals surface area contributed by atoms with E-state index in [1.54, 1.807) is 7.05 Å². The first-order valence-corrected chi connectivity index (χ1v) is 6.52. The Hall–Kier alpha value is -0.570. The van der Waals surface area contributed by atoms with Crippen molar-refractivity contribution in [3.63, 3.8) is 0 Å². The molecule has 1 amide bonds. The third-order valence-electron chi connectivity index (χ3n) is 3.53. The quantitative estimate of drug-likeness (QED) is 0.721. The molecule has 1 aliphatic rings. The van der Waals surface area contributed by atoms with Crippen molar-refractivity contribution in [1.82, 2.24) is 10.6 Å². The first-order chi connectivity index (χ1) is 7.56. The number of nitrogens with one attached hydrogen (secondary N) is 2. The monoisotopic (exact) mass is 226 g/mol. The normalized spacial score (nSPS) is 19.2. The second kappa shape index (κ2) is 6.24. The van der Waals surface area contributed by atoms with E-state index >= 15 is 0 Å². The van der Waals surface area contributed by atoms with Gasteiger partial charge < -0.3 is 10.6 Å². The fourth-order valence-corrected chi connectivity index (χ4v) is 2.30. The first kappa shape index (κ1) is 13.5. The van der Waals surface area contributed by atoms with E-state index in [0.29, 0.717) is 6.04 Å². The molecule has 0 atom stereocenters. The van der Waals surface area contributed by atoms with Gasteiger partial charge in [-0.15, -0.1) is 0 Å². The molecular formula is C13H26N2O. The lowest BCUT2D eigenvalue weighted by atomic mass is 9.91. The van der Waals surface area contributed by atoms with Crippen LogP contribution in [-0.2, 0) is 4.79 Å². The second-order valence-corrected chi connectivity index (χ2v) is 5.53. The van der Waals surface area contributed by atoms with E-state index in [-0.39, 0.29) is 11.3 Å². The number of hydrogen-bond acceptors (Lipinski definition) is 2. The van der Waals surface area contributed by atoms with Crippen molar-refractivity contribution in [2.24, 2.45) is 5.41 Å². The van der Waals surface area contributed by atoms with Crippen LogP contribution in [0.25, 0.3) is 0 Å². The SMILES string of the molecule is CNC(=O)C(C)(C)CNC1CCCCCC1. The number of amides is 1. The Morgan fingerprint density at radius 3 is 2.25 bits per heavy atom. The van der Waals surface area contributed by atoms with Crippen LogP contribution in [0.5, 0.6) is 0 Å². The number of hydrogen-bond donors (Lipinski definition) is 2. The van der Waals surface area contributed by atoms with Crippen LogP contribution in [0.1, 0.15) is 52.4 Å². The maximum atomic E-state index is 11.6. The molecule has 0 aromatic carbocycles. The average Bonchev–Trinajstić information content (AvgIpc) is 2.53. The van der Waals surface area contributed by atoms with Gasteiger partial charge in [0.2, 0.25) is 5.91 Å². The van der Waals surface area contributed by atoms with Gasteiger partial charge >= 0.3 is 0 Å². The van der Waals surface area contributed by atoms with E-state index < -0.39 is 0 Å². The standard InChI is InChI=1S/C13H26N2O/c1-13(2,12(16)14-3)10-15-11-8-6-4-5-7-9-11/h11,15H,4-10H2,1-3H3,(H,14,16). The molecule has 0 unspecified atom stereocenters. The van der Waals surface area contributed by atoms with Gasteiger partial charge in [-0.2, -0.15) is 0 Å². The highest BCUT2D eigenvalue weighted by Gasteiger charge is 2.27. The summed E-state index contributed by atoms with van der Waals surface area (Å²) in [5.41, 5.74) is -0.305. The molecule has 2 N–H and O–H groups in total. The van der Waals surface area contributed by atoms with E-state index in [1.807, 2.05) is 13.8 Å². The highest BCUT2D eigenvalue weighted by Crippen LogP contribution is 2.19. The van der Waals surface area contributed by atoms with Crippen LogP contribution in [-0.4, -0.2) is 25.5 Å². The van der Waals surface area contributed by atoms with Crippen LogP contribution in [0.4, 0.5) is 0 Å². The highest BCUT2D eigenvalue weighted by molar-refractivity contribution is 5.81. The average molecular weight is 226 g/mol. The molecule has 1 aliphatic carbocycles. The zero-order valence-corrected chi connectivity index (χ0v) is 10.9. The summed E-state index contributed by atoms with van der Waals surface area (Å²) in [6.45, 7) is 4.77. The van der Waals surface area contributed by atoms with Crippen molar-refractivity contribution >= 4 is 5.91 Å². The van der Waals surface area contributed by atoms with E-state index in [1.165, 1.54) is 38.5 Å². The molecule has 1 saturated carbocycles. The van der Waals surface area contributed by atoms with Crippen molar-refractivity contribution in [2.45, 2.75) is 58.4 Å². The van der Waals surface area contributed by atoms with E-state index in [0.717, 1.165) is 6.54 Å². The summed E-state index contributed by atoms with van der Waals surface area (Å²) in [4.78, 5) is 11.6. The molecule has 0 spiro atoms. The van der Waals surface area contributed by atoms with Gasteiger partial charge in [-0.1, -0.05) is 25.7 Å². The third-order valence-corrected chi connectivity index (χ3v) is 3.53. The van der Waals surface area contributed by atoms with Crippen LogP contribution >= 0.6 is 0 Å². The summed E-state index contributed by atoms with van der Waals surface area (Å²) in [6.07, 6.45) is 7.94. The minimum absolute atomic E-state index is 0.119. The summed E-state index contributed by atoms with van der Waals surface area (Å²) in [5.74, 6) is 0.119. The zero-order valence-electron chi connectivity index (χ0n) is 10.9. The summed E-state index contributed by atoms with van der Waals surface area (Å²) in [6, 6.07) is 0.617. The van der Waals surface area contributed by atoms with Gasteiger partial charge in [0.25, 0.3) is 0 Å². The molecule has 94 valence electrons.